The van der Waals surface area contributed by atoms with E-state index in [1.54, 1.807) is 0 Å². The van der Waals surface area contributed by atoms with Crippen LogP contribution in [0.4, 0.5) is 0 Å². The summed E-state index contributed by atoms with van der Waals surface area (Å²) in [7, 11) is 2.18. The van der Waals surface area contributed by atoms with Crippen molar-refractivity contribution < 1.29 is 0 Å². The number of rotatable bonds is 1. The van der Waals surface area contributed by atoms with Gasteiger partial charge in [-0.25, -0.2) is 4.98 Å². The molecule has 1 aromatic rings. The summed E-state index contributed by atoms with van der Waals surface area (Å²) in [6.45, 7) is 4.50. The summed E-state index contributed by atoms with van der Waals surface area (Å²) < 4.78 is 0. The van der Waals surface area contributed by atoms with Gasteiger partial charge in [0.15, 0.2) is 0 Å². The van der Waals surface area contributed by atoms with Crippen molar-refractivity contribution in [3.8, 4) is 0 Å². The number of likely N-dealkylation sites (N-methyl/N-ethyl adjacent to an activating group) is 1. The van der Waals surface area contributed by atoms with E-state index in [4.69, 9.17) is 10.7 Å². The molecule has 0 bridgehead atoms. The molecule has 0 spiro atoms. The molecule has 0 amide bonds. The first-order valence-electron chi connectivity index (χ1n) is 7.03. The molecule has 3 nitrogen and oxygen atoms in total. The minimum absolute atomic E-state index is 0.141. The largest absolute Gasteiger partial charge is 0.319 e. The van der Waals surface area contributed by atoms with Crippen molar-refractivity contribution in [3.05, 3.63) is 15.6 Å². The molecule has 1 aromatic heterocycles. The van der Waals surface area contributed by atoms with Crippen molar-refractivity contribution in [1.82, 2.24) is 9.88 Å². The van der Waals surface area contributed by atoms with Crippen LogP contribution >= 0.6 is 11.3 Å². The Morgan fingerprint density at radius 2 is 2.33 bits per heavy atom. The normalized spacial score (nSPS) is 33.4. The van der Waals surface area contributed by atoms with Crippen molar-refractivity contribution in [2.45, 2.75) is 51.1 Å². The third-order valence-corrected chi connectivity index (χ3v) is 5.68. The lowest BCUT2D eigenvalue weighted by atomic mass is 9.77. The summed E-state index contributed by atoms with van der Waals surface area (Å²) in [6.07, 6.45) is 5.89. The van der Waals surface area contributed by atoms with E-state index < -0.39 is 0 Å². The van der Waals surface area contributed by atoms with Crippen molar-refractivity contribution in [1.29, 1.82) is 0 Å². The van der Waals surface area contributed by atoms with Gasteiger partial charge in [0.25, 0.3) is 0 Å². The van der Waals surface area contributed by atoms with Crippen LogP contribution in [-0.2, 0) is 18.5 Å². The molecule has 4 heteroatoms. The molecule has 2 aliphatic rings. The van der Waals surface area contributed by atoms with E-state index in [9.17, 15) is 0 Å². The number of hydrogen-bond acceptors (Lipinski definition) is 4. The second-order valence-electron chi connectivity index (χ2n) is 6.23. The molecule has 1 fully saturated rings. The number of nitrogens with zero attached hydrogens (tertiary/aromatic N) is 2. The molecule has 1 saturated carbocycles. The van der Waals surface area contributed by atoms with Crippen molar-refractivity contribution in [3.63, 3.8) is 0 Å². The zero-order valence-electron chi connectivity index (χ0n) is 11.4. The Kier molecular flexibility index (Phi) is 3.20. The lowest BCUT2D eigenvalue weighted by Gasteiger charge is -2.35. The van der Waals surface area contributed by atoms with E-state index in [-0.39, 0.29) is 5.54 Å². The summed E-state index contributed by atoms with van der Waals surface area (Å²) >= 11 is 1.87. The summed E-state index contributed by atoms with van der Waals surface area (Å²) in [6, 6.07) is 0. The Labute approximate surface area is 113 Å². The Hall–Kier alpha value is -0.450. The van der Waals surface area contributed by atoms with Gasteiger partial charge in [-0.1, -0.05) is 19.8 Å². The molecule has 0 saturated heterocycles. The van der Waals surface area contributed by atoms with Gasteiger partial charge in [-0.05, 0) is 25.8 Å². The fraction of sp³-hybridized carbons (Fsp3) is 0.786. The van der Waals surface area contributed by atoms with Crippen LogP contribution in [0.5, 0.6) is 0 Å². The molecular formula is C14H23N3S. The molecule has 1 aliphatic heterocycles. The second kappa shape index (κ2) is 4.58. The summed E-state index contributed by atoms with van der Waals surface area (Å²) in [5.74, 6) is 0.743. The topological polar surface area (TPSA) is 42.1 Å². The molecule has 0 aromatic carbocycles. The average molecular weight is 265 g/mol. The van der Waals surface area contributed by atoms with Crippen molar-refractivity contribution in [2.24, 2.45) is 11.7 Å². The zero-order valence-corrected chi connectivity index (χ0v) is 12.2. The first-order chi connectivity index (χ1) is 8.57. The maximum Gasteiger partial charge on any atom is 0.113 e. The fourth-order valence-electron chi connectivity index (χ4n) is 3.32. The van der Waals surface area contributed by atoms with E-state index in [1.165, 1.54) is 28.4 Å². The first-order valence-corrected chi connectivity index (χ1v) is 7.85. The molecule has 100 valence electrons. The van der Waals surface area contributed by atoms with Gasteiger partial charge in [0.1, 0.15) is 5.01 Å². The van der Waals surface area contributed by atoms with Gasteiger partial charge in [-0.15, -0.1) is 11.3 Å². The number of hydrogen-bond donors (Lipinski definition) is 1. The quantitative estimate of drug-likeness (QED) is 0.848. The predicted molar refractivity (Wildman–Crippen MR) is 75.6 cm³/mol. The molecule has 0 radical (unpaired) electrons. The van der Waals surface area contributed by atoms with E-state index in [0.29, 0.717) is 0 Å². The molecule has 18 heavy (non-hydrogen) atoms. The van der Waals surface area contributed by atoms with Gasteiger partial charge in [-0.3, -0.25) is 0 Å². The van der Waals surface area contributed by atoms with E-state index in [0.717, 1.165) is 38.3 Å². The fourth-order valence-corrected chi connectivity index (χ4v) is 4.65. The predicted octanol–water partition coefficient (Wildman–Crippen LogP) is 2.50. The Bertz CT molecular complexity index is 442. The Balaban J connectivity index is 1.88. The van der Waals surface area contributed by atoms with E-state index in [2.05, 4.69) is 18.9 Å². The van der Waals surface area contributed by atoms with Gasteiger partial charge >= 0.3 is 0 Å². The number of aromatic nitrogens is 1. The Morgan fingerprint density at radius 1 is 1.50 bits per heavy atom. The maximum absolute atomic E-state index is 6.65. The van der Waals surface area contributed by atoms with Crippen LogP contribution in [0.2, 0.25) is 0 Å². The second-order valence-corrected chi connectivity index (χ2v) is 7.32. The summed E-state index contributed by atoms with van der Waals surface area (Å²) in [4.78, 5) is 8.70. The summed E-state index contributed by atoms with van der Waals surface area (Å²) in [5, 5.41) is 1.20. The average Bonchev–Trinajstić information content (AvgIpc) is 2.72. The standard InChI is InChI=1S/C14H23N3S/c1-10-4-3-6-14(15,8-10)13-16-11-5-7-17(2)9-12(11)18-13/h10H,3-9,15H2,1-2H3. The highest BCUT2D eigenvalue weighted by atomic mass is 32.1. The lowest BCUT2D eigenvalue weighted by Crippen LogP contribution is -2.40. The molecule has 2 heterocycles. The van der Waals surface area contributed by atoms with Crippen LogP contribution < -0.4 is 5.73 Å². The van der Waals surface area contributed by atoms with Crippen LogP contribution in [-0.4, -0.2) is 23.5 Å². The minimum atomic E-state index is -0.141. The van der Waals surface area contributed by atoms with Crippen LogP contribution in [0.15, 0.2) is 0 Å². The van der Waals surface area contributed by atoms with E-state index in [1.807, 2.05) is 11.3 Å². The highest BCUT2D eigenvalue weighted by Crippen LogP contribution is 2.40. The van der Waals surface area contributed by atoms with Crippen molar-refractivity contribution >= 4 is 11.3 Å². The molecule has 1 aliphatic carbocycles. The highest BCUT2D eigenvalue weighted by Gasteiger charge is 2.36. The Morgan fingerprint density at radius 3 is 3.11 bits per heavy atom. The van der Waals surface area contributed by atoms with Crippen LogP contribution in [0.3, 0.4) is 0 Å². The molecule has 3 rings (SSSR count). The van der Waals surface area contributed by atoms with Crippen LogP contribution in [0.1, 0.15) is 48.2 Å². The zero-order chi connectivity index (χ0) is 12.8. The van der Waals surface area contributed by atoms with Crippen LogP contribution in [0, 0.1) is 5.92 Å². The van der Waals surface area contributed by atoms with Gasteiger partial charge in [-0.2, -0.15) is 0 Å². The summed E-state index contributed by atoms with van der Waals surface area (Å²) in [5.41, 5.74) is 7.83. The maximum atomic E-state index is 6.65. The lowest BCUT2D eigenvalue weighted by molar-refractivity contribution is 0.238. The van der Waals surface area contributed by atoms with Gasteiger partial charge < -0.3 is 10.6 Å². The third kappa shape index (κ3) is 2.22. The third-order valence-electron chi connectivity index (χ3n) is 4.38. The van der Waals surface area contributed by atoms with Gasteiger partial charge in [0.2, 0.25) is 0 Å². The monoisotopic (exact) mass is 265 g/mol. The molecule has 2 unspecified atom stereocenters. The smallest absolute Gasteiger partial charge is 0.113 e. The van der Waals surface area contributed by atoms with Gasteiger partial charge in [0, 0.05) is 24.4 Å². The number of nitrogens with two attached hydrogens (primary N) is 1. The minimum Gasteiger partial charge on any atom is -0.319 e. The first kappa shape index (κ1) is 12.6. The van der Waals surface area contributed by atoms with Crippen LogP contribution in [0.25, 0.3) is 0 Å². The highest BCUT2D eigenvalue weighted by molar-refractivity contribution is 7.11. The SMILES string of the molecule is CC1CCCC(N)(c2nc3c(s2)CN(C)CC3)C1. The molecule has 2 atom stereocenters. The molecule has 2 N–H and O–H groups in total. The molecular weight excluding hydrogens is 242 g/mol. The van der Waals surface area contributed by atoms with Crippen molar-refractivity contribution in [2.75, 3.05) is 13.6 Å². The van der Waals surface area contributed by atoms with Gasteiger partial charge in [0.05, 0.1) is 11.2 Å². The number of fused-ring (bicyclic) bond motifs is 1. The number of thiazole rings is 1. The van der Waals surface area contributed by atoms with E-state index >= 15 is 0 Å².